The van der Waals surface area contributed by atoms with Gasteiger partial charge in [-0.25, -0.2) is 0 Å². The predicted octanol–water partition coefficient (Wildman–Crippen LogP) is 5.02. The van der Waals surface area contributed by atoms with Crippen LogP contribution in [0.15, 0.2) is 48.6 Å². The fourth-order valence-electron chi connectivity index (χ4n) is 1.80. The Hall–Kier alpha value is -2.05. The van der Waals surface area contributed by atoms with Crippen LogP contribution in [0.5, 0.6) is 5.75 Å². The largest absolute Gasteiger partial charge is 0.493 e. The van der Waals surface area contributed by atoms with Gasteiger partial charge in [-0.1, -0.05) is 19.1 Å². The second-order valence-corrected chi connectivity index (χ2v) is 5.40. The number of thiophene rings is 1. The van der Waals surface area contributed by atoms with Gasteiger partial charge in [0.1, 0.15) is 16.7 Å². The van der Waals surface area contributed by atoms with Crippen LogP contribution >= 0.6 is 11.3 Å². The van der Waals surface area contributed by atoms with Gasteiger partial charge in [0.15, 0.2) is 0 Å². The van der Waals surface area contributed by atoms with Crippen molar-refractivity contribution in [2.45, 2.75) is 19.8 Å². The maximum Gasteiger partial charge on any atom is 0.119 e. The molecule has 1 aromatic heterocycles. The number of allylic oxidation sites excluding steroid dienone is 1. The molecule has 0 radical (unpaired) electrons. The van der Waals surface area contributed by atoms with Crippen LogP contribution in [0.1, 0.15) is 24.6 Å². The Morgan fingerprint density at radius 3 is 2.60 bits per heavy atom. The molecule has 0 bridgehead atoms. The number of nitriles is 1. The minimum atomic E-state index is 0.702. The van der Waals surface area contributed by atoms with E-state index in [0.717, 1.165) is 33.9 Å². The first-order valence-corrected chi connectivity index (χ1v) is 7.53. The van der Waals surface area contributed by atoms with Crippen molar-refractivity contribution < 1.29 is 4.74 Å². The van der Waals surface area contributed by atoms with Crippen molar-refractivity contribution in [3.05, 3.63) is 53.4 Å². The molecular formula is C17H17NOS. The molecule has 0 aliphatic heterocycles. The van der Waals surface area contributed by atoms with Gasteiger partial charge in [0.2, 0.25) is 0 Å². The van der Waals surface area contributed by atoms with Gasteiger partial charge in [0.05, 0.1) is 6.61 Å². The maximum absolute atomic E-state index is 8.84. The van der Waals surface area contributed by atoms with Crippen molar-refractivity contribution in [2.24, 2.45) is 0 Å². The lowest BCUT2D eigenvalue weighted by molar-refractivity contribution is 0.325. The van der Waals surface area contributed by atoms with Crippen molar-refractivity contribution in [2.75, 3.05) is 6.61 Å². The zero-order valence-electron chi connectivity index (χ0n) is 11.5. The molecular weight excluding hydrogens is 266 g/mol. The molecule has 2 aromatic rings. The van der Waals surface area contributed by atoms with E-state index in [4.69, 9.17) is 10.00 Å². The molecule has 1 aromatic carbocycles. The van der Waals surface area contributed by atoms with Gasteiger partial charge in [0, 0.05) is 4.88 Å². The predicted molar refractivity (Wildman–Crippen MR) is 84.0 cm³/mol. The van der Waals surface area contributed by atoms with E-state index in [0.29, 0.717) is 6.61 Å². The minimum absolute atomic E-state index is 0.702. The van der Waals surface area contributed by atoms with E-state index in [1.165, 1.54) is 11.3 Å². The molecule has 2 rings (SSSR count). The molecule has 0 saturated heterocycles. The van der Waals surface area contributed by atoms with Crippen LogP contribution in [0.2, 0.25) is 0 Å². The van der Waals surface area contributed by atoms with E-state index in [1.54, 1.807) is 0 Å². The van der Waals surface area contributed by atoms with Crippen LogP contribution in [-0.4, -0.2) is 6.61 Å². The van der Waals surface area contributed by atoms with Crippen LogP contribution in [0, 0.1) is 11.3 Å². The fourth-order valence-corrected chi connectivity index (χ4v) is 2.61. The Balaban J connectivity index is 1.93. The lowest BCUT2D eigenvalue weighted by Gasteiger charge is -2.05. The molecule has 0 atom stereocenters. The van der Waals surface area contributed by atoms with Crippen molar-refractivity contribution in [3.8, 4) is 22.3 Å². The number of hydrogen-bond acceptors (Lipinski definition) is 3. The Morgan fingerprint density at radius 1 is 1.15 bits per heavy atom. The summed E-state index contributed by atoms with van der Waals surface area (Å²) in [6.45, 7) is 2.83. The lowest BCUT2D eigenvalue weighted by atomic mass is 10.2. The smallest absolute Gasteiger partial charge is 0.119 e. The molecule has 0 aliphatic rings. The quantitative estimate of drug-likeness (QED) is 0.550. The number of ether oxygens (including phenoxy) is 1. The van der Waals surface area contributed by atoms with Gasteiger partial charge in [-0.05, 0) is 54.8 Å². The zero-order chi connectivity index (χ0) is 14.2. The summed E-state index contributed by atoms with van der Waals surface area (Å²) in [5, 5.41) is 8.84. The Kier molecular flexibility index (Phi) is 5.40. The molecule has 0 aliphatic carbocycles. The standard InChI is InChI=1S/C17H17NOS/c1-2-3-4-5-12-19-15-8-6-14(7-9-15)17-11-10-16(13-18)20-17/h3-4,6-11H,2,5,12H2,1H3/b4-3-. The number of rotatable bonds is 6. The molecule has 2 nitrogen and oxygen atoms in total. The van der Waals surface area contributed by atoms with E-state index in [9.17, 15) is 0 Å². The molecule has 0 saturated carbocycles. The van der Waals surface area contributed by atoms with Gasteiger partial charge in [-0.2, -0.15) is 5.26 Å². The first-order chi connectivity index (χ1) is 9.83. The molecule has 0 amide bonds. The monoisotopic (exact) mass is 283 g/mol. The Bertz CT molecular complexity index is 605. The maximum atomic E-state index is 8.84. The summed E-state index contributed by atoms with van der Waals surface area (Å²) in [4.78, 5) is 1.85. The van der Waals surface area contributed by atoms with Crippen LogP contribution in [-0.2, 0) is 0 Å². The highest BCUT2D eigenvalue weighted by molar-refractivity contribution is 7.16. The first kappa shape index (κ1) is 14.4. The number of hydrogen-bond donors (Lipinski definition) is 0. The molecule has 102 valence electrons. The average Bonchev–Trinajstić information content (AvgIpc) is 2.97. The number of nitrogens with zero attached hydrogens (tertiary/aromatic N) is 1. The third-order valence-electron chi connectivity index (χ3n) is 2.81. The van der Waals surface area contributed by atoms with Gasteiger partial charge < -0.3 is 4.74 Å². The van der Waals surface area contributed by atoms with E-state index in [2.05, 4.69) is 25.1 Å². The third-order valence-corrected chi connectivity index (χ3v) is 3.85. The second kappa shape index (κ2) is 7.52. The average molecular weight is 283 g/mol. The molecule has 0 unspecified atom stereocenters. The van der Waals surface area contributed by atoms with Gasteiger partial charge in [0.25, 0.3) is 0 Å². The molecule has 1 heterocycles. The Labute approximate surface area is 123 Å². The van der Waals surface area contributed by atoms with Crippen LogP contribution in [0.3, 0.4) is 0 Å². The molecule has 20 heavy (non-hydrogen) atoms. The second-order valence-electron chi connectivity index (χ2n) is 4.32. The van der Waals surface area contributed by atoms with Crippen LogP contribution < -0.4 is 4.74 Å². The minimum Gasteiger partial charge on any atom is -0.493 e. The SMILES string of the molecule is CC/C=C\CCOc1ccc(-c2ccc(C#N)s2)cc1. The first-order valence-electron chi connectivity index (χ1n) is 6.71. The van der Waals surface area contributed by atoms with Crippen molar-refractivity contribution in [1.29, 1.82) is 5.26 Å². The van der Waals surface area contributed by atoms with E-state index < -0.39 is 0 Å². The van der Waals surface area contributed by atoms with Gasteiger partial charge in [-0.15, -0.1) is 11.3 Å². The van der Waals surface area contributed by atoms with Gasteiger partial charge in [-0.3, -0.25) is 0 Å². The molecule has 0 fully saturated rings. The highest BCUT2D eigenvalue weighted by Crippen LogP contribution is 2.29. The van der Waals surface area contributed by atoms with E-state index in [-0.39, 0.29) is 0 Å². The van der Waals surface area contributed by atoms with Crippen LogP contribution in [0.25, 0.3) is 10.4 Å². The zero-order valence-corrected chi connectivity index (χ0v) is 12.3. The van der Waals surface area contributed by atoms with Crippen LogP contribution in [0.4, 0.5) is 0 Å². The number of benzene rings is 1. The van der Waals surface area contributed by atoms with Gasteiger partial charge >= 0.3 is 0 Å². The summed E-state index contributed by atoms with van der Waals surface area (Å²) < 4.78 is 5.67. The van der Waals surface area contributed by atoms with E-state index >= 15 is 0 Å². The molecule has 0 spiro atoms. The summed E-state index contributed by atoms with van der Waals surface area (Å²) in [5.74, 6) is 0.885. The summed E-state index contributed by atoms with van der Waals surface area (Å²) in [6.07, 6.45) is 6.30. The highest BCUT2D eigenvalue weighted by Gasteiger charge is 2.02. The lowest BCUT2D eigenvalue weighted by Crippen LogP contribution is -1.95. The van der Waals surface area contributed by atoms with Crippen molar-refractivity contribution >= 4 is 11.3 Å². The molecule has 3 heteroatoms. The highest BCUT2D eigenvalue weighted by atomic mass is 32.1. The topological polar surface area (TPSA) is 33.0 Å². The summed E-state index contributed by atoms with van der Waals surface area (Å²) >= 11 is 1.51. The third kappa shape index (κ3) is 3.97. The summed E-state index contributed by atoms with van der Waals surface area (Å²) in [7, 11) is 0. The normalized spacial score (nSPS) is 10.6. The summed E-state index contributed by atoms with van der Waals surface area (Å²) in [5.41, 5.74) is 1.12. The van der Waals surface area contributed by atoms with Crippen molar-refractivity contribution in [1.82, 2.24) is 0 Å². The summed E-state index contributed by atoms with van der Waals surface area (Å²) in [6, 6.07) is 14.0. The molecule has 0 N–H and O–H groups in total. The fraction of sp³-hybridized carbons (Fsp3) is 0.235. The Morgan fingerprint density at radius 2 is 1.95 bits per heavy atom. The van der Waals surface area contributed by atoms with Crippen molar-refractivity contribution in [3.63, 3.8) is 0 Å². The van der Waals surface area contributed by atoms with E-state index in [1.807, 2.05) is 36.4 Å².